The van der Waals surface area contributed by atoms with E-state index in [9.17, 15) is 0 Å². The van der Waals surface area contributed by atoms with E-state index in [1.807, 2.05) is 48.5 Å². The van der Waals surface area contributed by atoms with Crippen molar-refractivity contribution in [3.05, 3.63) is 73.3 Å². The maximum absolute atomic E-state index is 5.87. The van der Waals surface area contributed by atoms with Gasteiger partial charge in [0.25, 0.3) is 0 Å². The lowest BCUT2D eigenvalue weighted by Crippen LogP contribution is -2.01. The Morgan fingerprint density at radius 1 is 0.422 bits per heavy atom. The van der Waals surface area contributed by atoms with Crippen LogP contribution in [0.25, 0.3) is 22.8 Å². The highest BCUT2D eigenvalue weighted by molar-refractivity contribution is 5.57. The van der Waals surface area contributed by atoms with Gasteiger partial charge in [0.05, 0.1) is 38.0 Å². The van der Waals surface area contributed by atoms with Gasteiger partial charge in [-0.1, -0.05) is 26.7 Å². The number of benzene rings is 2. The van der Waals surface area contributed by atoms with E-state index >= 15 is 0 Å². The van der Waals surface area contributed by atoms with Crippen LogP contribution < -0.4 is 14.2 Å². The van der Waals surface area contributed by atoms with Crippen molar-refractivity contribution in [3.8, 4) is 45.8 Å². The number of aromatic nitrogens is 4. The van der Waals surface area contributed by atoms with Crippen molar-refractivity contribution in [2.24, 2.45) is 0 Å². The quantitative estimate of drug-likeness (QED) is 0.0809. The van der Waals surface area contributed by atoms with Crippen LogP contribution in [0.1, 0.15) is 65.2 Å². The van der Waals surface area contributed by atoms with Gasteiger partial charge in [-0.3, -0.25) is 0 Å². The molecule has 0 aliphatic carbocycles. The largest absolute Gasteiger partial charge is 0.494 e. The van der Waals surface area contributed by atoms with Crippen molar-refractivity contribution < 1.29 is 23.7 Å². The smallest absolute Gasteiger partial charge is 0.164 e. The van der Waals surface area contributed by atoms with Crippen LogP contribution in [-0.4, -0.2) is 59.6 Å². The molecule has 2 aromatic heterocycles. The van der Waals surface area contributed by atoms with E-state index in [1.165, 1.54) is 0 Å². The highest BCUT2D eigenvalue weighted by atomic mass is 16.5. The predicted molar refractivity (Wildman–Crippen MR) is 176 cm³/mol. The fourth-order valence-electron chi connectivity index (χ4n) is 4.26. The third-order valence-electron chi connectivity index (χ3n) is 6.90. The standard InChI is InChI=1S/C36H46N4O5/c1-3-5-19-41-21-7-9-23-43-31-15-11-29(12-16-31)35-37-25-33(26-38-35)45-34-27-39-36(40-28-34)30-13-17-32(18-14-30)44-24-10-8-22-42-20-6-4-2/h11-18,25-28H,3-10,19-24H2,1-2H3. The second kappa shape index (κ2) is 20.0. The van der Waals surface area contributed by atoms with Gasteiger partial charge in [0.2, 0.25) is 0 Å². The van der Waals surface area contributed by atoms with Gasteiger partial charge in [-0.25, -0.2) is 19.9 Å². The van der Waals surface area contributed by atoms with Crippen LogP contribution in [0.2, 0.25) is 0 Å². The Bertz CT molecular complexity index is 1230. The molecule has 9 nitrogen and oxygen atoms in total. The summed E-state index contributed by atoms with van der Waals surface area (Å²) in [5.74, 6) is 3.87. The van der Waals surface area contributed by atoms with Crippen LogP contribution in [0.4, 0.5) is 0 Å². The van der Waals surface area contributed by atoms with Gasteiger partial charge in [0.15, 0.2) is 23.1 Å². The predicted octanol–water partition coefficient (Wildman–Crippen LogP) is 8.34. The molecular formula is C36H46N4O5. The van der Waals surface area contributed by atoms with Crippen molar-refractivity contribution in [1.29, 1.82) is 0 Å². The highest BCUT2D eigenvalue weighted by Gasteiger charge is 2.07. The van der Waals surface area contributed by atoms with Crippen LogP contribution >= 0.6 is 0 Å². The van der Waals surface area contributed by atoms with Gasteiger partial charge in [0.1, 0.15) is 11.5 Å². The maximum atomic E-state index is 5.87. The molecule has 0 fully saturated rings. The summed E-state index contributed by atoms with van der Waals surface area (Å²) in [5.41, 5.74) is 1.80. The van der Waals surface area contributed by atoms with Crippen LogP contribution in [0.3, 0.4) is 0 Å². The van der Waals surface area contributed by atoms with Crippen molar-refractivity contribution in [2.75, 3.05) is 39.6 Å². The highest BCUT2D eigenvalue weighted by Crippen LogP contribution is 2.25. The number of rotatable bonds is 22. The first-order chi connectivity index (χ1) is 22.2. The van der Waals surface area contributed by atoms with Gasteiger partial charge in [-0.2, -0.15) is 0 Å². The van der Waals surface area contributed by atoms with Crippen molar-refractivity contribution in [3.63, 3.8) is 0 Å². The minimum absolute atomic E-state index is 0.503. The maximum Gasteiger partial charge on any atom is 0.164 e. The lowest BCUT2D eigenvalue weighted by atomic mass is 10.2. The fourth-order valence-corrected chi connectivity index (χ4v) is 4.26. The second-order valence-corrected chi connectivity index (χ2v) is 10.7. The first kappa shape index (κ1) is 33.8. The fraction of sp³-hybridized carbons (Fsp3) is 0.444. The summed E-state index contributed by atoms with van der Waals surface area (Å²) in [4.78, 5) is 17.8. The summed E-state index contributed by atoms with van der Waals surface area (Å²) in [5, 5.41) is 0. The van der Waals surface area contributed by atoms with Gasteiger partial charge < -0.3 is 23.7 Å². The zero-order valence-electron chi connectivity index (χ0n) is 26.7. The Balaban J connectivity index is 1.17. The second-order valence-electron chi connectivity index (χ2n) is 10.7. The molecule has 0 aliphatic heterocycles. The molecule has 4 rings (SSSR count). The van der Waals surface area contributed by atoms with E-state index in [2.05, 4.69) is 33.8 Å². The number of ether oxygens (including phenoxy) is 5. The Morgan fingerprint density at radius 3 is 1.16 bits per heavy atom. The summed E-state index contributed by atoms with van der Waals surface area (Å²) in [6, 6.07) is 15.6. The Labute approximate surface area is 267 Å². The summed E-state index contributed by atoms with van der Waals surface area (Å²) in [6.07, 6.45) is 15.1. The SMILES string of the molecule is CCCCOCCCCOc1ccc(-c2ncc(Oc3cnc(-c4ccc(OCCCCOCCCC)cc4)nc3)cn2)cc1. The lowest BCUT2D eigenvalue weighted by molar-refractivity contribution is 0.123. The van der Waals surface area contributed by atoms with Crippen molar-refractivity contribution >= 4 is 0 Å². The van der Waals surface area contributed by atoms with Crippen LogP contribution in [0.5, 0.6) is 23.0 Å². The zero-order chi connectivity index (χ0) is 31.4. The summed E-state index contributed by atoms with van der Waals surface area (Å²) in [6.45, 7) is 8.95. The Kier molecular flexibility index (Phi) is 15.1. The molecule has 0 bridgehead atoms. The number of hydrogen-bond donors (Lipinski definition) is 0. The van der Waals surface area contributed by atoms with E-state index in [1.54, 1.807) is 24.8 Å². The molecule has 0 saturated heterocycles. The Hall–Kier alpha value is -4.08. The van der Waals surface area contributed by atoms with Crippen molar-refractivity contribution in [2.45, 2.75) is 65.2 Å². The van der Waals surface area contributed by atoms with Crippen molar-refractivity contribution in [1.82, 2.24) is 19.9 Å². The Morgan fingerprint density at radius 2 is 0.778 bits per heavy atom. The molecular weight excluding hydrogens is 568 g/mol. The molecule has 0 atom stereocenters. The van der Waals surface area contributed by atoms with E-state index in [-0.39, 0.29) is 0 Å². The number of nitrogens with zero attached hydrogens (tertiary/aromatic N) is 4. The van der Waals surface area contributed by atoms with Gasteiger partial charge in [-0.05, 0) is 87.1 Å². The molecule has 0 aliphatic rings. The topological polar surface area (TPSA) is 97.7 Å². The molecule has 2 aromatic carbocycles. The summed E-state index contributed by atoms with van der Waals surface area (Å²) in [7, 11) is 0. The molecule has 9 heteroatoms. The minimum Gasteiger partial charge on any atom is -0.494 e. The average molecular weight is 615 g/mol. The third-order valence-corrected chi connectivity index (χ3v) is 6.90. The first-order valence-corrected chi connectivity index (χ1v) is 16.2. The summed E-state index contributed by atoms with van der Waals surface area (Å²) < 4.78 is 28.7. The molecule has 4 aromatic rings. The van der Waals surface area contributed by atoms with E-state index in [0.29, 0.717) is 36.4 Å². The molecule has 45 heavy (non-hydrogen) atoms. The molecule has 0 amide bonds. The normalized spacial score (nSPS) is 11.0. The molecule has 0 unspecified atom stereocenters. The molecule has 0 radical (unpaired) electrons. The monoisotopic (exact) mass is 614 g/mol. The van der Waals surface area contributed by atoms with E-state index in [4.69, 9.17) is 23.7 Å². The third kappa shape index (κ3) is 12.4. The first-order valence-electron chi connectivity index (χ1n) is 16.2. The van der Waals surface area contributed by atoms with E-state index in [0.717, 1.165) is 100 Å². The minimum atomic E-state index is 0.503. The summed E-state index contributed by atoms with van der Waals surface area (Å²) >= 11 is 0. The lowest BCUT2D eigenvalue weighted by Gasteiger charge is -2.09. The van der Waals surface area contributed by atoms with Gasteiger partial charge in [0, 0.05) is 37.6 Å². The molecule has 240 valence electrons. The van der Waals surface area contributed by atoms with Crippen LogP contribution in [0, 0.1) is 0 Å². The molecule has 2 heterocycles. The number of hydrogen-bond acceptors (Lipinski definition) is 9. The van der Waals surface area contributed by atoms with Gasteiger partial charge in [-0.15, -0.1) is 0 Å². The molecule has 0 saturated carbocycles. The number of unbranched alkanes of at least 4 members (excludes halogenated alkanes) is 4. The van der Waals surface area contributed by atoms with E-state index < -0.39 is 0 Å². The average Bonchev–Trinajstić information content (AvgIpc) is 3.08. The van der Waals surface area contributed by atoms with Gasteiger partial charge >= 0.3 is 0 Å². The zero-order valence-corrected chi connectivity index (χ0v) is 26.7. The molecule has 0 N–H and O–H groups in total. The van der Waals surface area contributed by atoms with Crippen LogP contribution in [0.15, 0.2) is 73.3 Å². The van der Waals surface area contributed by atoms with Crippen LogP contribution in [-0.2, 0) is 9.47 Å². The molecule has 0 spiro atoms.